The van der Waals surface area contributed by atoms with E-state index in [0.717, 1.165) is 29.2 Å². The summed E-state index contributed by atoms with van der Waals surface area (Å²) in [6, 6.07) is 8.39. The Hall–Kier alpha value is -1.63. The van der Waals surface area contributed by atoms with Crippen LogP contribution < -0.4 is 21.8 Å². The van der Waals surface area contributed by atoms with Gasteiger partial charge in [-0.3, -0.25) is 0 Å². The van der Waals surface area contributed by atoms with Gasteiger partial charge in [0.05, 0.1) is 5.56 Å². The summed E-state index contributed by atoms with van der Waals surface area (Å²) in [5.41, 5.74) is 12.1. The molecule has 22 heavy (non-hydrogen) atoms. The van der Waals surface area contributed by atoms with Crippen LogP contribution in [0.15, 0.2) is 24.3 Å². The van der Waals surface area contributed by atoms with Crippen LogP contribution in [0.4, 0.5) is 11.6 Å². The third-order valence-corrected chi connectivity index (χ3v) is 3.22. The average Bonchev–Trinajstić information content (AvgIpc) is 2.85. The van der Waals surface area contributed by atoms with E-state index in [1.54, 1.807) is 4.79 Å². The van der Waals surface area contributed by atoms with Gasteiger partial charge in [0.2, 0.25) is 0 Å². The van der Waals surface area contributed by atoms with Crippen LogP contribution in [0.1, 0.15) is 5.56 Å². The molecule has 0 fully saturated rings. The van der Waals surface area contributed by atoms with Crippen molar-refractivity contribution in [1.82, 2.24) is 9.89 Å². The smallest absolute Gasteiger partial charge is 0.160 e. The molecule has 6 nitrogen and oxygen atoms in total. The monoisotopic (exact) mass is 346 g/mol. The third kappa shape index (κ3) is 3.97. The fourth-order valence-corrected chi connectivity index (χ4v) is 2.31. The number of rotatable bonds is 6. The van der Waals surface area contributed by atoms with Crippen molar-refractivity contribution in [3.8, 4) is 11.1 Å². The van der Waals surface area contributed by atoms with E-state index in [-0.39, 0.29) is 24.8 Å². The Morgan fingerprint density at radius 2 is 1.86 bits per heavy atom. The molecule has 2 aromatic rings. The number of anilines is 2. The molecule has 0 unspecified atom stereocenters. The predicted octanol–water partition coefficient (Wildman–Crippen LogP) is 2.15. The van der Waals surface area contributed by atoms with Crippen LogP contribution in [0.2, 0.25) is 0 Å². The summed E-state index contributed by atoms with van der Waals surface area (Å²) >= 11 is 0. The van der Waals surface area contributed by atoms with Crippen LogP contribution in [0.3, 0.4) is 0 Å². The number of nitrogens with zero attached hydrogens (tertiary/aromatic N) is 2. The summed E-state index contributed by atoms with van der Waals surface area (Å²) in [7, 11) is 5.59. The second-order valence-corrected chi connectivity index (χ2v) is 4.45. The van der Waals surface area contributed by atoms with Gasteiger partial charge in [-0.2, -0.15) is 4.79 Å². The van der Waals surface area contributed by atoms with Gasteiger partial charge in [-0.1, -0.05) is 24.3 Å². The molecule has 0 aliphatic carbocycles. The minimum absolute atomic E-state index is 0. The molecule has 0 saturated heterocycles. The molecule has 1 aromatic carbocycles. The van der Waals surface area contributed by atoms with Gasteiger partial charge in [0.25, 0.3) is 0 Å². The zero-order valence-electron chi connectivity index (χ0n) is 13.0. The van der Waals surface area contributed by atoms with E-state index < -0.39 is 0 Å². The largest absolute Gasteiger partial charge is 0.371 e. The zero-order chi connectivity index (χ0) is 14.5. The fourth-order valence-electron chi connectivity index (χ4n) is 2.31. The molecule has 0 aliphatic heterocycles. The van der Waals surface area contributed by atoms with Crippen LogP contribution >= 0.6 is 24.8 Å². The van der Waals surface area contributed by atoms with E-state index in [1.165, 1.54) is 5.56 Å². The number of halogens is 2. The van der Waals surface area contributed by atoms with Gasteiger partial charge in [0, 0.05) is 21.1 Å². The topological polar surface area (TPSA) is 79.9 Å². The standard InChI is InChI=1S/C14H22N6.2ClH/c1-16-13-12(14(17-2)20(18-3)19-13)11-6-4-5-10(9-11)7-8-15;;/h4-6,9,17-18H,7-8,15H2,1-3H3,(H,16,19);2*1H. The minimum Gasteiger partial charge on any atom is -0.371 e. The van der Waals surface area contributed by atoms with Gasteiger partial charge in [-0.15, -0.1) is 29.9 Å². The van der Waals surface area contributed by atoms with Gasteiger partial charge in [-0.05, 0) is 24.1 Å². The predicted molar refractivity (Wildman–Crippen MR) is 99.3 cm³/mol. The Labute approximate surface area is 143 Å². The second-order valence-electron chi connectivity index (χ2n) is 4.45. The average molecular weight is 347 g/mol. The summed E-state index contributed by atoms with van der Waals surface area (Å²) in [5.74, 6) is 1.75. The molecule has 0 radical (unpaired) electrons. The summed E-state index contributed by atoms with van der Waals surface area (Å²) in [4.78, 5) is 1.72. The molecule has 5 N–H and O–H groups in total. The van der Waals surface area contributed by atoms with Crippen molar-refractivity contribution in [2.24, 2.45) is 5.73 Å². The van der Waals surface area contributed by atoms with Gasteiger partial charge in [-0.25, -0.2) is 0 Å². The fraction of sp³-hybridized carbons (Fsp3) is 0.357. The summed E-state index contributed by atoms with van der Waals surface area (Å²) in [6.07, 6.45) is 0.873. The number of nitrogens with two attached hydrogens (primary N) is 1. The SMILES string of the molecule is CNc1nn(NC)c(NC)c1-c1cccc(CCN)c1.Cl.Cl. The maximum absolute atomic E-state index is 5.64. The quantitative estimate of drug-likeness (QED) is 0.644. The van der Waals surface area contributed by atoms with Crippen molar-refractivity contribution in [1.29, 1.82) is 0 Å². The van der Waals surface area contributed by atoms with E-state index >= 15 is 0 Å². The highest BCUT2D eigenvalue weighted by Gasteiger charge is 2.17. The molecule has 0 saturated carbocycles. The van der Waals surface area contributed by atoms with Crippen LogP contribution in [0.25, 0.3) is 11.1 Å². The molecule has 0 spiro atoms. The van der Waals surface area contributed by atoms with Gasteiger partial charge >= 0.3 is 0 Å². The van der Waals surface area contributed by atoms with Crippen molar-refractivity contribution < 1.29 is 0 Å². The molecular weight excluding hydrogens is 323 g/mol. The van der Waals surface area contributed by atoms with Crippen LogP contribution in [0.5, 0.6) is 0 Å². The lowest BCUT2D eigenvalue weighted by Crippen LogP contribution is -2.13. The number of hydrogen-bond acceptors (Lipinski definition) is 5. The molecule has 0 atom stereocenters. The molecular formula is C14H24Cl2N6. The molecule has 8 heteroatoms. The van der Waals surface area contributed by atoms with Gasteiger partial charge in [0.15, 0.2) is 11.6 Å². The number of hydrogen-bond donors (Lipinski definition) is 4. The molecule has 1 aromatic heterocycles. The third-order valence-electron chi connectivity index (χ3n) is 3.22. The van der Waals surface area contributed by atoms with E-state index in [4.69, 9.17) is 5.73 Å². The van der Waals surface area contributed by atoms with E-state index in [0.29, 0.717) is 6.54 Å². The first-order valence-corrected chi connectivity index (χ1v) is 6.70. The number of aromatic nitrogens is 2. The molecule has 124 valence electrons. The molecule has 0 bridgehead atoms. The second kappa shape index (κ2) is 9.40. The maximum Gasteiger partial charge on any atom is 0.160 e. The van der Waals surface area contributed by atoms with E-state index in [2.05, 4.69) is 45.4 Å². The Bertz CT molecular complexity index is 585. The Morgan fingerprint density at radius 1 is 1.14 bits per heavy atom. The normalized spacial score (nSPS) is 9.45. The molecule has 0 aliphatic rings. The van der Waals surface area contributed by atoms with Crippen molar-refractivity contribution in [2.75, 3.05) is 43.7 Å². The highest BCUT2D eigenvalue weighted by Crippen LogP contribution is 2.34. The Kier molecular flexibility index (Phi) is 8.70. The van der Waals surface area contributed by atoms with Crippen molar-refractivity contribution in [3.63, 3.8) is 0 Å². The summed E-state index contributed by atoms with van der Waals surface area (Å²) in [5, 5.41) is 10.8. The Balaban J connectivity index is 0.00000220. The highest BCUT2D eigenvalue weighted by atomic mass is 35.5. The highest BCUT2D eigenvalue weighted by molar-refractivity contribution is 5.86. The lowest BCUT2D eigenvalue weighted by atomic mass is 10.0. The van der Waals surface area contributed by atoms with Crippen molar-refractivity contribution in [3.05, 3.63) is 29.8 Å². The van der Waals surface area contributed by atoms with Gasteiger partial charge < -0.3 is 21.8 Å². The zero-order valence-corrected chi connectivity index (χ0v) is 14.6. The molecule has 2 rings (SSSR count). The number of nitrogens with one attached hydrogen (secondary N) is 3. The number of benzene rings is 1. The van der Waals surface area contributed by atoms with Crippen LogP contribution in [0, 0.1) is 0 Å². The molecule has 0 amide bonds. The van der Waals surface area contributed by atoms with Crippen LogP contribution in [-0.4, -0.2) is 37.6 Å². The molecule has 1 heterocycles. The van der Waals surface area contributed by atoms with Crippen LogP contribution in [-0.2, 0) is 6.42 Å². The van der Waals surface area contributed by atoms with Crippen molar-refractivity contribution in [2.45, 2.75) is 6.42 Å². The Morgan fingerprint density at radius 3 is 2.41 bits per heavy atom. The first-order chi connectivity index (χ1) is 9.74. The van der Waals surface area contributed by atoms with E-state index in [9.17, 15) is 0 Å². The summed E-state index contributed by atoms with van der Waals surface area (Å²) < 4.78 is 0. The first kappa shape index (κ1) is 20.4. The minimum atomic E-state index is 0. The maximum atomic E-state index is 5.64. The summed E-state index contributed by atoms with van der Waals surface area (Å²) in [6.45, 7) is 0.650. The lowest BCUT2D eigenvalue weighted by Gasteiger charge is -2.09. The lowest BCUT2D eigenvalue weighted by molar-refractivity contribution is 0.791. The van der Waals surface area contributed by atoms with Crippen molar-refractivity contribution >= 4 is 36.4 Å². The van der Waals surface area contributed by atoms with E-state index in [1.807, 2.05) is 21.1 Å². The van der Waals surface area contributed by atoms with Gasteiger partial charge in [0.1, 0.15) is 0 Å². The first-order valence-electron chi connectivity index (χ1n) is 6.70.